The molecule has 0 spiro atoms. The number of benzene rings is 1. The third-order valence-electron chi connectivity index (χ3n) is 3.13. The molecule has 21 heavy (non-hydrogen) atoms. The Kier molecular flexibility index (Phi) is 3.80. The Morgan fingerprint density at radius 2 is 1.90 bits per heavy atom. The highest BCUT2D eigenvalue weighted by molar-refractivity contribution is 5.96. The maximum atomic E-state index is 13.7. The van der Waals surface area contributed by atoms with Crippen molar-refractivity contribution in [1.29, 1.82) is 0 Å². The summed E-state index contributed by atoms with van der Waals surface area (Å²) in [6.07, 6.45) is 5.87. The van der Waals surface area contributed by atoms with E-state index >= 15 is 0 Å². The van der Waals surface area contributed by atoms with Crippen LogP contribution in [-0.4, -0.2) is 24.6 Å². The number of rotatable bonds is 3. The molecule has 0 bridgehead atoms. The third-order valence-corrected chi connectivity index (χ3v) is 3.13. The number of hydrogen-bond acceptors (Lipinski definition) is 3. The number of esters is 1. The first kappa shape index (κ1) is 14.8. The summed E-state index contributed by atoms with van der Waals surface area (Å²) in [5.74, 6) is -0.504. The largest absolute Gasteiger partial charge is 0.467 e. The van der Waals surface area contributed by atoms with E-state index in [0.29, 0.717) is 12.8 Å². The molecule has 0 atom stereocenters. The molecular formula is C14H12F2N2O3. The van der Waals surface area contributed by atoms with Gasteiger partial charge >= 0.3 is 12.0 Å². The average Bonchev–Trinajstić information content (AvgIpc) is 3.22. The lowest BCUT2D eigenvalue weighted by atomic mass is 10.2. The molecule has 0 saturated heterocycles. The summed E-state index contributed by atoms with van der Waals surface area (Å²) < 4.78 is 31.9. The molecule has 5 nitrogen and oxygen atoms in total. The van der Waals surface area contributed by atoms with E-state index in [9.17, 15) is 18.4 Å². The lowest BCUT2D eigenvalue weighted by Gasteiger charge is -2.16. The van der Waals surface area contributed by atoms with Crippen molar-refractivity contribution in [3.05, 3.63) is 29.3 Å². The van der Waals surface area contributed by atoms with Crippen molar-refractivity contribution in [1.82, 2.24) is 5.32 Å². The van der Waals surface area contributed by atoms with Crippen molar-refractivity contribution in [2.24, 2.45) is 0 Å². The van der Waals surface area contributed by atoms with Gasteiger partial charge < -0.3 is 15.4 Å². The van der Waals surface area contributed by atoms with Gasteiger partial charge in [0, 0.05) is 5.56 Å². The van der Waals surface area contributed by atoms with E-state index in [2.05, 4.69) is 16.0 Å². The Hall–Kier alpha value is -2.62. The average molecular weight is 294 g/mol. The first-order valence-corrected chi connectivity index (χ1v) is 6.05. The quantitative estimate of drug-likeness (QED) is 0.659. The van der Waals surface area contributed by atoms with Crippen LogP contribution < -0.4 is 10.6 Å². The molecule has 0 aromatic heterocycles. The fourth-order valence-corrected chi connectivity index (χ4v) is 1.84. The summed E-state index contributed by atoms with van der Waals surface area (Å²) in [6.45, 7) is 0. The summed E-state index contributed by atoms with van der Waals surface area (Å²) in [4.78, 5) is 23.2. The summed E-state index contributed by atoms with van der Waals surface area (Å²) in [5.41, 5.74) is -1.72. The zero-order chi connectivity index (χ0) is 15.6. The summed E-state index contributed by atoms with van der Waals surface area (Å²) >= 11 is 0. The number of nitrogens with one attached hydrogen (secondary N) is 2. The van der Waals surface area contributed by atoms with E-state index in [4.69, 9.17) is 6.42 Å². The molecule has 2 amide bonds. The second-order valence-corrected chi connectivity index (χ2v) is 4.61. The highest BCUT2D eigenvalue weighted by Crippen LogP contribution is 2.36. The van der Waals surface area contributed by atoms with Crippen molar-refractivity contribution in [2.45, 2.75) is 18.4 Å². The molecule has 110 valence electrons. The van der Waals surface area contributed by atoms with Crippen molar-refractivity contribution >= 4 is 17.7 Å². The number of amides is 2. The van der Waals surface area contributed by atoms with Gasteiger partial charge in [-0.25, -0.2) is 18.4 Å². The Bertz CT molecular complexity index is 625. The normalized spacial score (nSPS) is 14.8. The minimum atomic E-state index is -1.11. The first-order valence-electron chi connectivity index (χ1n) is 6.05. The molecule has 0 aliphatic heterocycles. The lowest BCUT2D eigenvalue weighted by molar-refractivity contribution is -0.144. The molecule has 1 aliphatic rings. The minimum Gasteiger partial charge on any atom is -0.467 e. The van der Waals surface area contributed by atoms with Crippen LogP contribution in [0, 0.1) is 24.0 Å². The number of terminal acetylenes is 1. The predicted molar refractivity (Wildman–Crippen MR) is 70.4 cm³/mol. The molecule has 1 aliphatic carbocycles. The number of carbonyl (C=O) groups is 2. The van der Waals surface area contributed by atoms with Crippen LogP contribution in [0.2, 0.25) is 0 Å². The molecule has 0 unspecified atom stereocenters. The van der Waals surface area contributed by atoms with Crippen LogP contribution in [0.3, 0.4) is 0 Å². The Balaban J connectivity index is 2.11. The first-order chi connectivity index (χ1) is 9.91. The lowest BCUT2D eigenvalue weighted by Crippen LogP contribution is -2.46. The molecule has 2 rings (SSSR count). The van der Waals surface area contributed by atoms with Gasteiger partial charge in [0.05, 0.1) is 7.11 Å². The van der Waals surface area contributed by atoms with Gasteiger partial charge in [-0.1, -0.05) is 5.92 Å². The number of hydrogen-bond donors (Lipinski definition) is 2. The van der Waals surface area contributed by atoms with Crippen molar-refractivity contribution in [3.8, 4) is 12.3 Å². The van der Waals surface area contributed by atoms with Crippen LogP contribution in [-0.2, 0) is 9.53 Å². The zero-order valence-electron chi connectivity index (χ0n) is 11.1. The van der Waals surface area contributed by atoms with Gasteiger partial charge in [-0.05, 0) is 25.0 Å². The molecule has 1 aromatic rings. The summed E-state index contributed by atoms with van der Waals surface area (Å²) in [7, 11) is 1.19. The highest BCUT2D eigenvalue weighted by Gasteiger charge is 2.52. The van der Waals surface area contributed by atoms with E-state index in [1.54, 1.807) is 0 Å². The molecule has 1 aromatic carbocycles. The number of carbonyl (C=O) groups excluding carboxylic acids is 2. The fourth-order valence-electron chi connectivity index (χ4n) is 1.84. The molecule has 0 heterocycles. The Labute approximate surface area is 119 Å². The predicted octanol–water partition coefficient (Wildman–Crippen LogP) is 1.77. The molecule has 0 radical (unpaired) electrons. The van der Waals surface area contributed by atoms with Crippen molar-refractivity contribution < 1.29 is 23.1 Å². The minimum absolute atomic E-state index is 0.0178. The van der Waals surface area contributed by atoms with Gasteiger partial charge in [0.25, 0.3) is 0 Å². The van der Waals surface area contributed by atoms with Crippen LogP contribution in [0.25, 0.3) is 0 Å². The van der Waals surface area contributed by atoms with E-state index in [-0.39, 0.29) is 5.56 Å². The molecule has 1 saturated carbocycles. The molecule has 2 N–H and O–H groups in total. The number of halogens is 2. The van der Waals surface area contributed by atoms with Gasteiger partial charge in [-0.3, -0.25) is 0 Å². The second kappa shape index (κ2) is 5.40. The number of methoxy groups -OCH3 is 1. The standard InChI is InChI=1S/C14H12F2N2O3/c1-3-8-6-9(15)11(10(16)7-8)17-13(20)18-14(4-5-14)12(19)21-2/h1,6-7H,4-5H2,2H3,(H2,17,18,20). The number of ether oxygens (including phenoxy) is 1. The highest BCUT2D eigenvalue weighted by atomic mass is 19.1. The maximum Gasteiger partial charge on any atom is 0.331 e. The molecule has 7 heteroatoms. The monoisotopic (exact) mass is 294 g/mol. The van der Waals surface area contributed by atoms with Crippen molar-refractivity contribution in [2.75, 3.05) is 12.4 Å². The Morgan fingerprint density at radius 1 is 1.33 bits per heavy atom. The van der Waals surface area contributed by atoms with Gasteiger partial charge in [-0.2, -0.15) is 0 Å². The fraction of sp³-hybridized carbons (Fsp3) is 0.286. The van der Waals surface area contributed by atoms with Crippen LogP contribution >= 0.6 is 0 Å². The maximum absolute atomic E-state index is 13.7. The Morgan fingerprint density at radius 3 is 2.33 bits per heavy atom. The topological polar surface area (TPSA) is 67.4 Å². The van der Waals surface area contributed by atoms with Crippen LogP contribution in [0.1, 0.15) is 18.4 Å². The van der Waals surface area contributed by atoms with E-state index < -0.39 is 34.9 Å². The molecular weight excluding hydrogens is 282 g/mol. The molecule has 1 fully saturated rings. The van der Waals surface area contributed by atoms with Crippen LogP contribution in [0.4, 0.5) is 19.3 Å². The third kappa shape index (κ3) is 2.94. The smallest absolute Gasteiger partial charge is 0.331 e. The van der Waals surface area contributed by atoms with E-state index in [1.165, 1.54) is 7.11 Å². The van der Waals surface area contributed by atoms with Gasteiger partial charge in [0.2, 0.25) is 0 Å². The zero-order valence-corrected chi connectivity index (χ0v) is 11.1. The van der Waals surface area contributed by atoms with E-state index in [0.717, 1.165) is 12.1 Å². The van der Waals surface area contributed by atoms with Crippen LogP contribution in [0.15, 0.2) is 12.1 Å². The van der Waals surface area contributed by atoms with Crippen molar-refractivity contribution in [3.63, 3.8) is 0 Å². The van der Waals surface area contributed by atoms with E-state index in [1.807, 2.05) is 5.32 Å². The summed E-state index contributed by atoms with van der Waals surface area (Å²) in [5, 5.41) is 4.38. The number of anilines is 1. The number of urea groups is 1. The van der Waals surface area contributed by atoms with Gasteiger partial charge in [0.15, 0.2) is 11.6 Å². The second-order valence-electron chi connectivity index (χ2n) is 4.61. The van der Waals surface area contributed by atoms with Gasteiger partial charge in [0.1, 0.15) is 11.2 Å². The summed E-state index contributed by atoms with van der Waals surface area (Å²) in [6, 6.07) is 0.946. The van der Waals surface area contributed by atoms with Crippen LogP contribution in [0.5, 0.6) is 0 Å². The van der Waals surface area contributed by atoms with Gasteiger partial charge in [-0.15, -0.1) is 6.42 Å². The SMILES string of the molecule is C#Cc1cc(F)c(NC(=O)NC2(C(=O)OC)CC2)c(F)c1.